The highest BCUT2D eigenvalue weighted by Crippen LogP contribution is 2.33. The molecular formula is C21H23ClF3N3O6S. The minimum Gasteiger partial charge on any atom is -0.383 e. The zero-order valence-electron chi connectivity index (χ0n) is 18.8. The maximum atomic E-state index is 12.8. The van der Waals surface area contributed by atoms with Crippen LogP contribution in [0.1, 0.15) is 17.3 Å². The first-order chi connectivity index (χ1) is 16.1. The highest BCUT2D eigenvalue weighted by molar-refractivity contribution is 7.92. The first kappa shape index (κ1) is 28.4. The number of methoxy groups -OCH3 is 1. The SMILES string of the molecule is COCCN(C)C(=O)c1ccc(NS(=O)(=O)c2ccc(NC(=O)[C@@](C)(O)C(F)(F)F)c(Cl)c2)cc1. The van der Waals surface area contributed by atoms with Crippen LogP contribution >= 0.6 is 11.6 Å². The van der Waals surface area contributed by atoms with E-state index in [1.54, 1.807) is 7.05 Å². The van der Waals surface area contributed by atoms with Gasteiger partial charge in [-0.25, -0.2) is 8.42 Å². The molecule has 0 unspecified atom stereocenters. The highest BCUT2D eigenvalue weighted by atomic mass is 35.5. The molecule has 1 atom stereocenters. The number of halogens is 4. The maximum Gasteiger partial charge on any atom is 0.426 e. The molecule has 0 aliphatic rings. The third kappa shape index (κ3) is 6.84. The Hall–Kier alpha value is -2.87. The Kier molecular flexibility index (Phi) is 8.76. The van der Waals surface area contributed by atoms with Gasteiger partial charge in [0.2, 0.25) is 5.60 Å². The minimum atomic E-state index is -5.24. The number of hydrogen-bond acceptors (Lipinski definition) is 6. The lowest BCUT2D eigenvalue weighted by Crippen LogP contribution is -2.52. The summed E-state index contributed by atoms with van der Waals surface area (Å²) in [5.41, 5.74) is -3.56. The number of likely N-dealkylation sites (N-methyl/N-ethyl adjacent to an activating group) is 1. The number of alkyl halides is 3. The Morgan fingerprint density at radius 1 is 1.14 bits per heavy atom. The standard InChI is InChI=1S/C21H23ClF3N3O6S/c1-20(31,21(23,24)25)19(30)26-17-9-8-15(12-16(17)22)35(32,33)27-14-6-4-13(5-7-14)18(29)28(2)10-11-34-3/h4-9,12,27,31H,10-11H2,1-3H3,(H,26,30)/t20-/m1/s1. The minimum absolute atomic E-state index is 0.135. The van der Waals surface area contributed by atoms with Crippen molar-refractivity contribution in [3.63, 3.8) is 0 Å². The van der Waals surface area contributed by atoms with Gasteiger partial charge in [0.15, 0.2) is 0 Å². The van der Waals surface area contributed by atoms with Crippen molar-refractivity contribution in [2.75, 3.05) is 37.3 Å². The van der Waals surface area contributed by atoms with E-state index in [0.29, 0.717) is 18.7 Å². The van der Waals surface area contributed by atoms with Crippen molar-refractivity contribution in [3.05, 3.63) is 53.1 Å². The molecule has 0 spiro atoms. The molecule has 0 fully saturated rings. The smallest absolute Gasteiger partial charge is 0.383 e. The zero-order chi connectivity index (χ0) is 26.6. The molecule has 9 nitrogen and oxygen atoms in total. The molecule has 2 aromatic carbocycles. The van der Waals surface area contributed by atoms with E-state index >= 15 is 0 Å². The fourth-order valence-corrected chi connectivity index (χ4v) is 3.96. The van der Waals surface area contributed by atoms with E-state index in [0.717, 1.165) is 18.2 Å². The third-order valence-electron chi connectivity index (χ3n) is 4.85. The molecule has 0 radical (unpaired) electrons. The lowest BCUT2D eigenvalue weighted by molar-refractivity contribution is -0.242. The summed E-state index contributed by atoms with van der Waals surface area (Å²) >= 11 is 5.95. The van der Waals surface area contributed by atoms with Gasteiger partial charge in [-0.3, -0.25) is 14.3 Å². The molecule has 3 N–H and O–H groups in total. The first-order valence-corrected chi connectivity index (χ1v) is 11.7. The molecule has 2 amide bonds. The van der Waals surface area contributed by atoms with Crippen LogP contribution in [0.2, 0.25) is 5.02 Å². The quantitative estimate of drug-likeness (QED) is 0.451. The van der Waals surface area contributed by atoms with Crippen LogP contribution in [0.3, 0.4) is 0 Å². The fourth-order valence-electron chi connectivity index (χ4n) is 2.58. The summed E-state index contributed by atoms with van der Waals surface area (Å²) in [7, 11) is -1.08. The van der Waals surface area contributed by atoms with Gasteiger partial charge in [-0.2, -0.15) is 13.2 Å². The van der Waals surface area contributed by atoms with Gasteiger partial charge < -0.3 is 20.1 Å². The number of carbonyl (C=O) groups excluding carboxylic acids is 2. The molecule has 35 heavy (non-hydrogen) atoms. The van der Waals surface area contributed by atoms with E-state index in [4.69, 9.17) is 16.3 Å². The first-order valence-electron chi connectivity index (χ1n) is 9.87. The number of carbonyl (C=O) groups is 2. The fraction of sp³-hybridized carbons (Fsp3) is 0.333. The molecule has 2 rings (SSSR count). The average Bonchev–Trinajstić information content (AvgIpc) is 2.77. The molecule has 0 aliphatic heterocycles. The molecule has 0 heterocycles. The van der Waals surface area contributed by atoms with Crippen LogP contribution in [0.5, 0.6) is 0 Å². The van der Waals surface area contributed by atoms with Gasteiger partial charge in [0.05, 0.1) is 22.2 Å². The summed E-state index contributed by atoms with van der Waals surface area (Å²) in [6, 6.07) is 8.54. The normalized spacial score (nSPS) is 13.6. The number of rotatable bonds is 9. The largest absolute Gasteiger partial charge is 0.426 e. The van der Waals surface area contributed by atoms with Gasteiger partial charge in [0.25, 0.3) is 21.8 Å². The number of sulfonamides is 1. The van der Waals surface area contributed by atoms with E-state index in [9.17, 15) is 36.3 Å². The predicted octanol–water partition coefficient (Wildman–Crippen LogP) is 3.11. The maximum absolute atomic E-state index is 12.8. The third-order valence-corrected chi connectivity index (χ3v) is 6.55. The van der Waals surface area contributed by atoms with E-state index in [-0.39, 0.29) is 34.1 Å². The molecule has 0 saturated heterocycles. The van der Waals surface area contributed by atoms with Crippen molar-refractivity contribution < 1.29 is 41.0 Å². The van der Waals surface area contributed by atoms with Crippen LogP contribution in [0.4, 0.5) is 24.5 Å². The molecular weight excluding hydrogens is 515 g/mol. The number of aliphatic hydroxyl groups is 1. The molecule has 0 aliphatic carbocycles. The second-order valence-electron chi connectivity index (χ2n) is 7.57. The van der Waals surface area contributed by atoms with E-state index in [1.165, 1.54) is 36.3 Å². The lowest BCUT2D eigenvalue weighted by atomic mass is 10.1. The van der Waals surface area contributed by atoms with Gasteiger partial charge in [-0.05, 0) is 49.4 Å². The molecule has 0 bridgehead atoms. The molecule has 0 aromatic heterocycles. The molecule has 192 valence electrons. The number of benzene rings is 2. The van der Waals surface area contributed by atoms with Crippen molar-refractivity contribution in [2.24, 2.45) is 0 Å². The summed E-state index contributed by atoms with van der Waals surface area (Å²) in [4.78, 5) is 25.3. The second kappa shape index (κ2) is 10.8. The van der Waals surface area contributed by atoms with Crippen LogP contribution in [-0.4, -0.2) is 69.3 Å². The number of amides is 2. The van der Waals surface area contributed by atoms with Crippen molar-refractivity contribution in [3.8, 4) is 0 Å². The van der Waals surface area contributed by atoms with E-state index < -0.39 is 27.7 Å². The summed E-state index contributed by atoms with van der Waals surface area (Å²) in [6.07, 6.45) is -5.24. The molecule has 14 heteroatoms. The van der Waals surface area contributed by atoms with Gasteiger partial charge in [0.1, 0.15) is 0 Å². The number of nitrogens with zero attached hydrogens (tertiary/aromatic N) is 1. The van der Waals surface area contributed by atoms with Crippen molar-refractivity contribution in [1.29, 1.82) is 0 Å². The summed E-state index contributed by atoms with van der Waals surface area (Å²) in [5.74, 6) is -2.08. The Balaban J connectivity index is 2.15. The topological polar surface area (TPSA) is 125 Å². The Morgan fingerprint density at radius 2 is 1.74 bits per heavy atom. The average molecular weight is 538 g/mol. The van der Waals surface area contributed by atoms with Crippen LogP contribution in [0, 0.1) is 0 Å². The summed E-state index contributed by atoms with van der Waals surface area (Å²) in [5, 5.41) is 10.9. The summed E-state index contributed by atoms with van der Waals surface area (Å²) in [6.45, 7) is 0.997. The van der Waals surface area contributed by atoms with Gasteiger partial charge in [-0.15, -0.1) is 0 Å². The van der Waals surface area contributed by atoms with Crippen LogP contribution in [0.25, 0.3) is 0 Å². The number of nitrogens with one attached hydrogen (secondary N) is 2. The van der Waals surface area contributed by atoms with Crippen molar-refractivity contribution in [2.45, 2.75) is 23.6 Å². The van der Waals surface area contributed by atoms with Gasteiger partial charge in [-0.1, -0.05) is 11.6 Å². The Morgan fingerprint density at radius 3 is 2.26 bits per heavy atom. The van der Waals surface area contributed by atoms with Gasteiger partial charge in [0, 0.05) is 32.0 Å². The van der Waals surface area contributed by atoms with Crippen LogP contribution in [0.15, 0.2) is 47.4 Å². The molecule has 2 aromatic rings. The Bertz CT molecular complexity index is 1190. The van der Waals surface area contributed by atoms with Crippen molar-refractivity contribution in [1.82, 2.24) is 4.90 Å². The van der Waals surface area contributed by atoms with Gasteiger partial charge >= 0.3 is 6.18 Å². The summed E-state index contributed by atoms with van der Waals surface area (Å²) < 4.78 is 71.0. The highest BCUT2D eigenvalue weighted by Gasteiger charge is 2.55. The second-order valence-corrected chi connectivity index (χ2v) is 9.66. The predicted molar refractivity (Wildman–Crippen MR) is 123 cm³/mol. The van der Waals surface area contributed by atoms with Crippen molar-refractivity contribution >= 4 is 44.8 Å². The molecule has 0 saturated carbocycles. The Labute approximate surface area is 204 Å². The number of anilines is 2. The number of hydrogen-bond donors (Lipinski definition) is 3. The van der Waals surface area contributed by atoms with Crippen LogP contribution in [-0.2, 0) is 19.6 Å². The van der Waals surface area contributed by atoms with E-state index in [2.05, 4.69) is 4.72 Å². The van der Waals surface area contributed by atoms with E-state index in [1.807, 2.05) is 5.32 Å². The monoisotopic (exact) mass is 537 g/mol. The van der Waals surface area contributed by atoms with Crippen LogP contribution < -0.4 is 10.0 Å². The zero-order valence-corrected chi connectivity index (χ0v) is 20.4. The number of ether oxygens (including phenoxy) is 1. The lowest BCUT2D eigenvalue weighted by Gasteiger charge is -2.25.